The van der Waals surface area contributed by atoms with Crippen LogP contribution in [-0.2, 0) is 4.79 Å². The molecule has 0 spiro atoms. The Balaban J connectivity index is 2.16. The van der Waals surface area contributed by atoms with Gasteiger partial charge in [0.1, 0.15) is 5.69 Å². The van der Waals surface area contributed by atoms with Gasteiger partial charge >= 0.3 is 5.97 Å². The van der Waals surface area contributed by atoms with E-state index in [1.54, 1.807) is 36.5 Å². The average Bonchev–Trinajstić information content (AvgIpc) is 2.61. The first-order valence-electron chi connectivity index (χ1n) is 7.77. The number of carboxylic acids is 1. The second-order valence-corrected chi connectivity index (χ2v) is 5.26. The molecule has 0 bridgehead atoms. The van der Waals surface area contributed by atoms with Crippen LogP contribution < -0.4 is 5.43 Å². The molecule has 0 saturated carbocycles. The van der Waals surface area contributed by atoms with Crippen molar-refractivity contribution in [3.63, 3.8) is 0 Å². The molecular weight excluding hydrogens is 324 g/mol. The molecule has 0 saturated heterocycles. The first-order chi connectivity index (χ1) is 12.1. The third kappa shape index (κ3) is 5.69. The highest BCUT2D eigenvalue weighted by molar-refractivity contribution is 5.99. The number of hydrogen-bond acceptors (Lipinski definition) is 6. The van der Waals surface area contributed by atoms with Crippen molar-refractivity contribution in [1.82, 2.24) is 4.98 Å². The van der Waals surface area contributed by atoms with Crippen molar-refractivity contribution in [3.05, 3.63) is 64.5 Å². The standard InChI is InChI=1S/C17H18N4O4/c22-17(23)11-4-2-8-14(13-7-5-6-12-18-13)19-20-15-9-1-3-10-16(15)21(24)25/h1,3,5-7,9-10,12,20H,2,4,8,11H2,(H,22,23)/b19-14+. The van der Waals surface area contributed by atoms with E-state index < -0.39 is 10.9 Å². The summed E-state index contributed by atoms with van der Waals surface area (Å²) in [6.07, 6.45) is 3.38. The number of rotatable bonds is 9. The molecule has 0 radical (unpaired) electrons. The predicted molar refractivity (Wildman–Crippen MR) is 93.6 cm³/mol. The highest BCUT2D eigenvalue weighted by atomic mass is 16.6. The molecule has 0 aliphatic heterocycles. The highest BCUT2D eigenvalue weighted by Crippen LogP contribution is 2.23. The molecule has 0 fully saturated rings. The van der Waals surface area contributed by atoms with Crippen molar-refractivity contribution in [2.75, 3.05) is 5.43 Å². The third-order valence-electron chi connectivity index (χ3n) is 3.43. The third-order valence-corrected chi connectivity index (χ3v) is 3.43. The van der Waals surface area contributed by atoms with Crippen LogP contribution in [0.2, 0.25) is 0 Å². The van der Waals surface area contributed by atoms with Crippen LogP contribution in [0, 0.1) is 10.1 Å². The minimum Gasteiger partial charge on any atom is -0.481 e. The lowest BCUT2D eigenvalue weighted by atomic mass is 10.1. The smallest absolute Gasteiger partial charge is 0.303 e. The van der Waals surface area contributed by atoms with E-state index in [1.807, 2.05) is 6.07 Å². The molecule has 2 aromatic rings. The van der Waals surface area contributed by atoms with Gasteiger partial charge in [-0.05, 0) is 37.5 Å². The lowest BCUT2D eigenvalue weighted by Gasteiger charge is -2.07. The topological polar surface area (TPSA) is 118 Å². The molecule has 2 rings (SSSR count). The van der Waals surface area contributed by atoms with Crippen LogP contribution in [-0.4, -0.2) is 26.7 Å². The van der Waals surface area contributed by atoms with Crippen LogP contribution in [0.25, 0.3) is 0 Å². The number of hydrogen-bond donors (Lipinski definition) is 2. The molecule has 25 heavy (non-hydrogen) atoms. The SMILES string of the molecule is O=C(O)CCCC/C(=N\Nc1ccccc1[N+](=O)[O-])c1ccccn1. The highest BCUT2D eigenvalue weighted by Gasteiger charge is 2.12. The Morgan fingerprint density at radius 2 is 1.88 bits per heavy atom. The van der Waals surface area contributed by atoms with Crippen molar-refractivity contribution in [2.45, 2.75) is 25.7 Å². The van der Waals surface area contributed by atoms with Crippen LogP contribution in [0.1, 0.15) is 31.4 Å². The summed E-state index contributed by atoms with van der Waals surface area (Å²) in [6, 6.07) is 11.6. The van der Waals surface area contributed by atoms with Gasteiger partial charge in [0.05, 0.1) is 16.3 Å². The molecule has 1 aromatic heterocycles. The van der Waals surface area contributed by atoms with E-state index in [2.05, 4.69) is 15.5 Å². The molecule has 0 aliphatic carbocycles. The first-order valence-corrected chi connectivity index (χ1v) is 7.77. The van der Waals surface area contributed by atoms with E-state index in [4.69, 9.17) is 5.11 Å². The average molecular weight is 342 g/mol. The molecule has 1 aromatic carbocycles. The number of nitro groups is 1. The van der Waals surface area contributed by atoms with Gasteiger partial charge < -0.3 is 5.11 Å². The Kier molecular flexibility index (Phi) is 6.58. The van der Waals surface area contributed by atoms with Crippen LogP contribution >= 0.6 is 0 Å². The molecule has 2 N–H and O–H groups in total. The first kappa shape index (κ1) is 18.1. The number of para-hydroxylation sites is 2. The summed E-state index contributed by atoms with van der Waals surface area (Å²) in [7, 11) is 0. The molecule has 0 aliphatic rings. The lowest BCUT2D eigenvalue weighted by molar-refractivity contribution is -0.384. The summed E-state index contributed by atoms with van der Waals surface area (Å²) in [4.78, 5) is 25.4. The van der Waals surface area contributed by atoms with Gasteiger partial charge in [-0.1, -0.05) is 18.2 Å². The number of aliphatic carboxylic acids is 1. The van der Waals surface area contributed by atoms with Crippen LogP contribution in [0.3, 0.4) is 0 Å². The molecule has 8 heteroatoms. The number of nitro benzene ring substituents is 1. The van der Waals surface area contributed by atoms with Gasteiger partial charge in [0, 0.05) is 18.7 Å². The van der Waals surface area contributed by atoms with E-state index in [-0.39, 0.29) is 17.8 Å². The second kappa shape index (κ2) is 9.11. The minimum atomic E-state index is -0.839. The van der Waals surface area contributed by atoms with E-state index in [1.165, 1.54) is 6.07 Å². The Hall–Kier alpha value is -3.29. The zero-order valence-electron chi connectivity index (χ0n) is 13.5. The van der Waals surface area contributed by atoms with E-state index >= 15 is 0 Å². The number of aromatic nitrogens is 1. The van der Waals surface area contributed by atoms with Crippen LogP contribution in [0.4, 0.5) is 11.4 Å². The Morgan fingerprint density at radius 1 is 1.16 bits per heavy atom. The molecule has 0 atom stereocenters. The normalized spacial score (nSPS) is 11.1. The number of hydrazone groups is 1. The van der Waals surface area contributed by atoms with Crippen molar-refractivity contribution in [2.24, 2.45) is 5.10 Å². The summed E-state index contributed by atoms with van der Waals surface area (Å²) in [6.45, 7) is 0. The molecule has 0 unspecified atom stereocenters. The number of anilines is 1. The second-order valence-electron chi connectivity index (χ2n) is 5.26. The fraction of sp³-hybridized carbons (Fsp3) is 0.235. The zero-order valence-corrected chi connectivity index (χ0v) is 13.5. The van der Waals surface area contributed by atoms with Gasteiger partial charge in [0.2, 0.25) is 0 Å². The Morgan fingerprint density at radius 3 is 2.56 bits per heavy atom. The van der Waals surface area contributed by atoms with E-state index in [0.717, 1.165) is 0 Å². The predicted octanol–water partition coefficient (Wildman–Crippen LogP) is 3.45. The van der Waals surface area contributed by atoms with E-state index in [9.17, 15) is 14.9 Å². The molecule has 130 valence electrons. The molecule has 8 nitrogen and oxygen atoms in total. The molecule has 1 heterocycles. The van der Waals surface area contributed by atoms with Gasteiger partial charge in [0.25, 0.3) is 5.69 Å². The molecular formula is C17H18N4O4. The fourth-order valence-corrected chi connectivity index (χ4v) is 2.20. The Labute approximate surface area is 144 Å². The summed E-state index contributed by atoms with van der Waals surface area (Å²) >= 11 is 0. The summed E-state index contributed by atoms with van der Waals surface area (Å²) < 4.78 is 0. The van der Waals surface area contributed by atoms with Gasteiger partial charge in [-0.25, -0.2) is 0 Å². The number of pyridine rings is 1. The fourth-order valence-electron chi connectivity index (χ4n) is 2.20. The quantitative estimate of drug-likeness (QED) is 0.312. The maximum absolute atomic E-state index is 11.1. The van der Waals surface area contributed by atoms with Crippen molar-refractivity contribution in [3.8, 4) is 0 Å². The largest absolute Gasteiger partial charge is 0.481 e. The maximum atomic E-state index is 11.1. The number of nitrogens with zero attached hydrogens (tertiary/aromatic N) is 3. The van der Waals surface area contributed by atoms with Crippen molar-refractivity contribution in [1.29, 1.82) is 0 Å². The zero-order chi connectivity index (χ0) is 18.1. The monoisotopic (exact) mass is 342 g/mol. The summed E-state index contributed by atoms with van der Waals surface area (Å²) in [5.74, 6) is -0.839. The van der Waals surface area contributed by atoms with E-state index in [0.29, 0.717) is 30.7 Å². The Bertz CT molecular complexity index is 762. The summed E-state index contributed by atoms with van der Waals surface area (Å²) in [5.41, 5.74) is 4.20. The number of unbranched alkanes of at least 4 members (excludes halogenated alkanes) is 1. The van der Waals surface area contributed by atoms with Gasteiger partial charge in [-0.3, -0.25) is 25.3 Å². The molecule has 0 amide bonds. The van der Waals surface area contributed by atoms with Crippen molar-refractivity contribution >= 4 is 23.1 Å². The van der Waals surface area contributed by atoms with Gasteiger partial charge in [-0.2, -0.15) is 5.10 Å². The number of carboxylic acid groups (broad SMARTS) is 1. The maximum Gasteiger partial charge on any atom is 0.303 e. The van der Waals surface area contributed by atoms with Gasteiger partial charge in [0.15, 0.2) is 0 Å². The number of carbonyl (C=O) groups is 1. The number of benzene rings is 1. The van der Waals surface area contributed by atoms with Gasteiger partial charge in [-0.15, -0.1) is 0 Å². The number of nitrogens with one attached hydrogen (secondary N) is 1. The van der Waals surface area contributed by atoms with Crippen molar-refractivity contribution < 1.29 is 14.8 Å². The van der Waals surface area contributed by atoms with Crippen LogP contribution in [0.15, 0.2) is 53.8 Å². The summed E-state index contributed by atoms with van der Waals surface area (Å²) in [5, 5.41) is 24.0. The minimum absolute atomic E-state index is 0.0718. The lowest BCUT2D eigenvalue weighted by Crippen LogP contribution is -2.08. The van der Waals surface area contributed by atoms with Crippen LogP contribution in [0.5, 0.6) is 0 Å².